The smallest absolute Gasteiger partial charge is 0.0558 e. The third kappa shape index (κ3) is 12.5. The summed E-state index contributed by atoms with van der Waals surface area (Å²) in [4.78, 5) is 9.30. The highest BCUT2D eigenvalue weighted by atomic mass is 16.3. The van der Waals surface area contributed by atoms with Gasteiger partial charge in [-0.1, -0.05) is 0 Å². The van der Waals surface area contributed by atoms with Crippen LogP contribution >= 0.6 is 0 Å². The Hall–Kier alpha value is -0.360. The van der Waals surface area contributed by atoms with Crippen LogP contribution in [0.2, 0.25) is 0 Å². The molecule has 5 N–H and O–H groups in total. The maximum atomic E-state index is 9.38. The fourth-order valence-corrected chi connectivity index (χ4v) is 4.06. The van der Waals surface area contributed by atoms with Gasteiger partial charge in [0.25, 0.3) is 0 Å². The van der Waals surface area contributed by atoms with Crippen molar-refractivity contribution in [1.82, 2.24) is 19.6 Å². The van der Waals surface area contributed by atoms with Gasteiger partial charge in [-0.3, -0.25) is 19.6 Å². The van der Waals surface area contributed by atoms with Crippen LogP contribution in [0.15, 0.2) is 0 Å². The second kappa shape index (κ2) is 18.2. The van der Waals surface area contributed by atoms with Gasteiger partial charge in [0.1, 0.15) is 0 Å². The van der Waals surface area contributed by atoms with E-state index in [0.717, 1.165) is 78.2 Å². The molecule has 1 aliphatic rings. The van der Waals surface area contributed by atoms with Crippen LogP contribution in [0.1, 0.15) is 19.3 Å². The second-order valence-corrected chi connectivity index (χ2v) is 8.22. The van der Waals surface area contributed by atoms with Crippen molar-refractivity contribution < 1.29 is 25.5 Å². The summed E-state index contributed by atoms with van der Waals surface area (Å²) in [5.74, 6) is 0.334. The summed E-state index contributed by atoms with van der Waals surface area (Å²) in [6.07, 6.45) is 2.39. The summed E-state index contributed by atoms with van der Waals surface area (Å²) in [5.41, 5.74) is 0. The number of piperazine rings is 1. The lowest BCUT2D eigenvalue weighted by Gasteiger charge is -2.36. The van der Waals surface area contributed by atoms with Crippen LogP contribution in [0, 0.1) is 5.92 Å². The topological polar surface area (TPSA) is 114 Å². The van der Waals surface area contributed by atoms with Gasteiger partial charge in [0.15, 0.2) is 0 Å². The predicted molar refractivity (Wildman–Crippen MR) is 119 cm³/mol. The lowest BCUT2D eigenvalue weighted by atomic mass is 9.98. The number of aliphatic hydroxyl groups excluding tert-OH is 5. The first-order valence-electron chi connectivity index (χ1n) is 11.6. The van der Waals surface area contributed by atoms with E-state index in [1.165, 1.54) is 0 Å². The van der Waals surface area contributed by atoms with Gasteiger partial charge in [-0.25, -0.2) is 0 Å². The molecule has 1 heterocycles. The van der Waals surface area contributed by atoms with Gasteiger partial charge in [0.2, 0.25) is 0 Å². The molecule has 0 aliphatic carbocycles. The SMILES string of the molecule is OCCC(CCO)CCN(CCO)CCN1CCN(CCN(CCO)CCO)CC1. The van der Waals surface area contributed by atoms with Gasteiger partial charge in [0.05, 0.1) is 19.8 Å². The van der Waals surface area contributed by atoms with E-state index in [1.54, 1.807) is 0 Å². The first kappa shape index (κ1) is 27.7. The van der Waals surface area contributed by atoms with E-state index >= 15 is 0 Å². The monoisotopic (exact) mass is 434 g/mol. The molecule has 0 spiro atoms. The molecule has 0 aromatic rings. The van der Waals surface area contributed by atoms with Crippen molar-refractivity contribution in [1.29, 1.82) is 0 Å². The zero-order chi connectivity index (χ0) is 22.0. The summed E-state index contributed by atoms with van der Waals surface area (Å²) in [7, 11) is 0. The van der Waals surface area contributed by atoms with E-state index in [4.69, 9.17) is 10.2 Å². The van der Waals surface area contributed by atoms with Gasteiger partial charge >= 0.3 is 0 Å². The molecular weight excluding hydrogens is 388 g/mol. The first-order chi connectivity index (χ1) is 14.7. The number of hydrogen-bond acceptors (Lipinski definition) is 9. The Morgan fingerprint density at radius 2 is 0.900 bits per heavy atom. The van der Waals surface area contributed by atoms with Crippen LogP contribution in [0.5, 0.6) is 0 Å². The lowest BCUT2D eigenvalue weighted by molar-refractivity contribution is 0.0941. The zero-order valence-electron chi connectivity index (χ0n) is 18.7. The molecule has 1 aliphatic heterocycles. The van der Waals surface area contributed by atoms with Gasteiger partial charge in [-0.05, 0) is 31.7 Å². The van der Waals surface area contributed by atoms with Crippen LogP contribution in [0.25, 0.3) is 0 Å². The largest absolute Gasteiger partial charge is 0.396 e. The third-order valence-corrected chi connectivity index (χ3v) is 6.11. The average Bonchev–Trinajstić information content (AvgIpc) is 2.75. The third-order valence-electron chi connectivity index (χ3n) is 6.11. The zero-order valence-corrected chi connectivity index (χ0v) is 18.7. The van der Waals surface area contributed by atoms with E-state index in [2.05, 4.69) is 19.6 Å². The lowest BCUT2D eigenvalue weighted by Crippen LogP contribution is -2.50. The predicted octanol–water partition coefficient (Wildman–Crippen LogP) is -2.04. The fourth-order valence-electron chi connectivity index (χ4n) is 4.06. The van der Waals surface area contributed by atoms with Gasteiger partial charge in [0, 0.05) is 85.2 Å². The molecule has 0 radical (unpaired) electrons. The van der Waals surface area contributed by atoms with Crippen molar-refractivity contribution in [3.63, 3.8) is 0 Å². The summed E-state index contributed by atoms with van der Waals surface area (Å²) in [6, 6.07) is 0. The van der Waals surface area contributed by atoms with Crippen LogP contribution in [-0.4, -0.2) is 157 Å². The van der Waals surface area contributed by atoms with Crippen LogP contribution in [-0.2, 0) is 0 Å². The molecule has 0 amide bonds. The van der Waals surface area contributed by atoms with Crippen molar-refractivity contribution in [2.75, 3.05) is 112 Å². The highest BCUT2D eigenvalue weighted by Gasteiger charge is 2.18. The Bertz CT molecular complexity index is 374. The fraction of sp³-hybridized carbons (Fsp3) is 1.00. The minimum Gasteiger partial charge on any atom is -0.396 e. The molecular formula is C21H46N4O5. The number of hydrogen-bond donors (Lipinski definition) is 5. The molecule has 0 atom stereocenters. The molecule has 0 aromatic heterocycles. The molecule has 9 nitrogen and oxygen atoms in total. The highest BCUT2D eigenvalue weighted by molar-refractivity contribution is 4.75. The quantitative estimate of drug-likeness (QED) is 0.157. The van der Waals surface area contributed by atoms with Crippen molar-refractivity contribution in [3.8, 4) is 0 Å². The van der Waals surface area contributed by atoms with E-state index in [1.807, 2.05) is 0 Å². The van der Waals surface area contributed by atoms with Crippen LogP contribution in [0.4, 0.5) is 0 Å². The van der Waals surface area contributed by atoms with Crippen molar-refractivity contribution >= 4 is 0 Å². The Morgan fingerprint density at radius 1 is 0.500 bits per heavy atom. The van der Waals surface area contributed by atoms with Crippen molar-refractivity contribution in [3.05, 3.63) is 0 Å². The van der Waals surface area contributed by atoms with Gasteiger partial charge in [-0.2, -0.15) is 0 Å². The minimum absolute atomic E-state index is 0.124. The van der Waals surface area contributed by atoms with Crippen LogP contribution < -0.4 is 0 Å². The molecule has 30 heavy (non-hydrogen) atoms. The Labute approximate surface area is 182 Å². The number of nitrogens with zero attached hydrogens (tertiary/aromatic N) is 4. The molecule has 0 aromatic carbocycles. The molecule has 180 valence electrons. The maximum absolute atomic E-state index is 9.38. The average molecular weight is 435 g/mol. The summed E-state index contributed by atoms with van der Waals surface area (Å²) < 4.78 is 0. The molecule has 9 heteroatoms. The molecule has 1 fully saturated rings. The normalized spacial score (nSPS) is 16.4. The molecule has 1 rings (SSSR count). The number of aliphatic hydroxyl groups is 5. The Morgan fingerprint density at radius 3 is 1.27 bits per heavy atom. The maximum Gasteiger partial charge on any atom is 0.0558 e. The summed E-state index contributed by atoms with van der Waals surface area (Å²) in [6.45, 7) is 11.3. The van der Waals surface area contributed by atoms with Crippen molar-refractivity contribution in [2.24, 2.45) is 5.92 Å². The highest BCUT2D eigenvalue weighted by Crippen LogP contribution is 2.13. The minimum atomic E-state index is 0.124. The first-order valence-corrected chi connectivity index (χ1v) is 11.6. The standard InChI is InChI=1S/C21H46N4O5/c26-16-2-21(3-17-27)1-4-22(13-18-28)5-6-23-7-9-24(10-8-23)11-12-25(14-19-29)15-20-30/h21,26-30H,1-20H2. The van der Waals surface area contributed by atoms with Crippen molar-refractivity contribution in [2.45, 2.75) is 19.3 Å². The Balaban J connectivity index is 2.28. The van der Waals surface area contributed by atoms with E-state index in [-0.39, 0.29) is 33.0 Å². The summed E-state index contributed by atoms with van der Waals surface area (Å²) in [5, 5.41) is 46.0. The van der Waals surface area contributed by atoms with E-state index in [0.29, 0.717) is 25.6 Å². The van der Waals surface area contributed by atoms with E-state index in [9.17, 15) is 15.3 Å². The van der Waals surface area contributed by atoms with Gasteiger partial charge in [-0.15, -0.1) is 0 Å². The molecule has 0 saturated carbocycles. The molecule has 1 saturated heterocycles. The Kier molecular flexibility index (Phi) is 16.8. The van der Waals surface area contributed by atoms with Gasteiger partial charge < -0.3 is 25.5 Å². The van der Waals surface area contributed by atoms with E-state index < -0.39 is 0 Å². The molecule has 0 unspecified atom stereocenters. The van der Waals surface area contributed by atoms with Crippen LogP contribution in [0.3, 0.4) is 0 Å². The summed E-state index contributed by atoms with van der Waals surface area (Å²) >= 11 is 0. The second-order valence-electron chi connectivity index (χ2n) is 8.22. The number of rotatable bonds is 19. The molecule has 0 bridgehead atoms.